The molecule has 0 aliphatic carbocycles. The zero-order valence-electron chi connectivity index (χ0n) is 11.4. The van der Waals surface area contributed by atoms with Gasteiger partial charge in [-0.3, -0.25) is 0 Å². The first-order chi connectivity index (χ1) is 9.32. The molecule has 0 bridgehead atoms. The van der Waals surface area contributed by atoms with Crippen LogP contribution in [0, 0.1) is 0 Å². The van der Waals surface area contributed by atoms with E-state index in [0.717, 1.165) is 5.52 Å². The summed E-state index contributed by atoms with van der Waals surface area (Å²) in [6.45, 7) is 3.78. The molecule has 1 aliphatic rings. The molecule has 0 spiro atoms. The number of alkyl halides is 1. The van der Waals surface area contributed by atoms with Gasteiger partial charge in [0.15, 0.2) is 15.5 Å². The number of rotatable bonds is 2. The second-order valence-corrected chi connectivity index (χ2v) is 8.45. The summed E-state index contributed by atoms with van der Waals surface area (Å²) >= 11 is 6.23. The Balaban J connectivity index is 2.27. The van der Waals surface area contributed by atoms with Gasteiger partial charge in [-0.05, 0) is 32.4 Å². The maximum atomic E-state index is 11.9. The first kappa shape index (κ1) is 13.8. The van der Waals surface area contributed by atoms with Crippen molar-refractivity contribution in [1.29, 1.82) is 0 Å². The van der Waals surface area contributed by atoms with Crippen LogP contribution >= 0.6 is 11.6 Å². The molecule has 0 aromatic carbocycles. The Morgan fingerprint density at radius 2 is 2.25 bits per heavy atom. The number of imidazole rings is 1. The maximum absolute atomic E-state index is 11.9. The van der Waals surface area contributed by atoms with Crippen LogP contribution in [-0.2, 0) is 15.4 Å². The van der Waals surface area contributed by atoms with Gasteiger partial charge in [-0.2, -0.15) is 0 Å². The quantitative estimate of drug-likeness (QED) is 0.798. The van der Waals surface area contributed by atoms with Crippen molar-refractivity contribution in [2.45, 2.75) is 31.2 Å². The minimum absolute atomic E-state index is 0.110. The van der Waals surface area contributed by atoms with Crippen LogP contribution in [0.25, 0.3) is 11.2 Å². The average Bonchev–Trinajstić information content (AvgIpc) is 2.88. The SMILES string of the molecule is CC(Cl)c1nc2cccnc2n1C1(C)CCS(=O)(=O)C1. The number of sulfone groups is 1. The lowest BCUT2D eigenvalue weighted by Gasteiger charge is -2.27. The van der Waals surface area contributed by atoms with Crippen molar-refractivity contribution in [2.75, 3.05) is 11.5 Å². The molecule has 5 nitrogen and oxygen atoms in total. The number of fused-ring (bicyclic) bond motifs is 1. The van der Waals surface area contributed by atoms with E-state index in [-0.39, 0.29) is 16.9 Å². The maximum Gasteiger partial charge on any atom is 0.160 e. The summed E-state index contributed by atoms with van der Waals surface area (Å²) in [6.07, 6.45) is 2.25. The fourth-order valence-electron chi connectivity index (χ4n) is 2.90. The highest BCUT2D eigenvalue weighted by atomic mass is 35.5. The summed E-state index contributed by atoms with van der Waals surface area (Å²) in [7, 11) is -3.01. The number of nitrogens with zero attached hydrogens (tertiary/aromatic N) is 3. The number of hydrogen-bond acceptors (Lipinski definition) is 4. The highest BCUT2D eigenvalue weighted by Crippen LogP contribution is 2.36. The minimum Gasteiger partial charge on any atom is -0.304 e. The van der Waals surface area contributed by atoms with Gasteiger partial charge in [-0.1, -0.05) is 0 Å². The normalized spacial score (nSPS) is 26.9. The summed E-state index contributed by atoms with van der Waals surface area (Å²) in [6, 6.07) is 3.69. The van der Waals surface area contributed by atoms with E-state index in [1.807, 2.05) is 30.5 Å². The highest BCUT2D eigenvalue weighted by molar-refractivity contribution is 7.91. The highest BCUT2D eigenvalue weighted by Gasteiger charge is 2.42. The van der Waals surface area contributed by atoms with E-state index in [9.17, 15) is 8.42 Å². The van der Waals surface area contributed by atoms with Crippen LogP contribution < -0.4 is 0 Å². The van der Waals surface area contributed by atoms with Crippen molar-refractivity contribution in [3.8, 4) is 0 Å². The molecule has 0 amide bonds. The Hall–Kier alpha value is -1.14. The first-order valence-corrected chi connectivity index (χ1v) is 8.77. The van der Waals surface area contributed by atoms with E-state index in [4.69, 9.17) is 11.6 Å². The van der Waals surface area contributed by atoms with Crippen LogP contribution in [0.15, 0.2) is 18.3 Å². The third-order valence-corrected chi connectivity index (χ3v) is 5.90. The van der Waals surface area contributed by atoms with Gasteiger partial charge in [-0.25, -0.2) is 18.4 Å². The van der Waals surface area contributed by atoms with Gasteiger partial charge in [0.05, 0.1) is 22.4 Å². The molecule has 2 unspecified atom stereocenters. The Morgan fingerprint density at radius 3 is 2.85 bits per heavy atom. The Bertz CT molecular complexity index is 769. The molecule has 0 saturated carbocycles. The summed E-state index contributed by atoms with van der Waals surface area (Å²) in [5.41, 5.74) is 0.926. The largest absolute Gasteiger partial charge is 0.304 e. The zero-order chi connectivity index (χ0) is 14.5. The molecule has 7 heteroatoms. The van der Waals surface area contributed by atoms with Crippen LogP contribution in [0.5, 0.6) is 0 Å². The lowest BCUT2D eigenvalue weighted by Crippen LogP contribution is -2.33. The van der Waals surface area contributed by atoms with E-state index in [1.165, 1.54) is 0 Å². The van der Waals surface area contributed by atoms with Crippen molar-refractivity contribution in [2.24, 2.45) is 0 Å². The van der Waals surface area contributed by atoms with Gasteiger partial charge in [0, 0.05) is 6.20 Å². The third kappa shape index (κ3) is 2.11. The zero-order valence-corrected chi connectivity index (χ0v) is 12.9. The van der Waals surface area contributed by atoms with Crippen molar-refractivity contribution in [1.82, 2.24) is 14.5 Å². The van der Waals surface area contributed by atoms with Gasteiger partial charge >= 0.3 is 0 Å². The molecule has 1 aliphatic heterocycles. The minimum atomic E-state index is -3.01. The molecule has 2 aromatic rings. The Labute approximate surface area is 122 Å². The molecule has 3 rings (SSSR count). The van der Waals surface area contributed by atoms with E-state index in [0.29, 0.717) is 17.9 Å². The molecule has 0 radical (unpaired) electrons. The number of pyridine rings is 1. The van der Waals surface area contributed by atoms with Crippen LogP contribution in [-0.4, -0.2) is 34.5 Å². The molecule has 3 heterocycles. The van der Waals surface area contributed by atoms with Gasteiger partial charge in [0.1, 0.15) is 11.3 Å². The molecular weight excluding hydrogens is 298 g/mol. The lowest BCUT2D eigenvalue weighted by molar-refractivity contribution is 0.361. The van der Waals surface area contributed by atoms with Gasteiger partial charge in [0.2, 0.25) is 0 Å². The fraction of sp³-hybridized carbons (Fsp3) is 0.538. The van der Waals surface area contributed by atoms with Crippen LogP contribution in [0.2, 0.25) is 0 Å². The lowest BCUT2D eigenvalue weighted by atomic mass is 10.0. The topological polar surface area (TPSA) is 64.8 Å². The van der Waals surface area contributed by atoms with Crippen molar-refractivity contribution in [3.63, 3.8) is 0 Å². The second-order valence-electron chi connectivity index (χ2n) is 5.61. The number of halogens is 1. The molecule has 0 N–H and O–H groups in total. The predicted molar refractivity (Wildman–Crippen MR) is 78.7 cm³/mol. The molecule has 1 fully saturated rings. The standard InChI is InChI=1S/C13H16ClN3O2S/c1-9(14)11-16-10-4-3-6-15-12(10)17(11)13(2)5-7-20(18,19)8-13/h3-4,6,9H,5,7-8H2,1-2H3. The van der Waals surface area contributed by atoms with Crippen LogP contribution in [0.4, 0.5) is 0 Å². The monoisotopic (exact) mass is 313 g/mol. The van der Waals surface area contributed by atoms with Crippen LogP contribution in [0.1, 0.15) is 31.5 Å². The predicted octanol–water partition coefficient (Wildman–Crippen LogP) is 2.26. The fourth-order valence-corrected chi connectivity index (χ4v) is 5.16. The molecule has 108 valence electrons. The van der Waals surface area contributed by atoms with Crippen molar-refractivity contribution < 1.29 is 8.42 Å². The summed E-state index contributed by atoms with van der Waals surface area (Å²) in [4.78, 5) is 8.89. The van der Waals surface area contributed by atoms with Gasteiger partial charge < -0.3 is 4.57 Å². The van der Waals surface area contributed by atoms with E-state index in [1.54, 1.807) is 6.20 Å². The Morgan fingerprint density at radius 1 is 1.50 bits per heavy atom. The summed E-state index contributed by atoms with van der Waals surface area (Å²) in [5, 5.41) is -0.302. The molecule has 2 atom stereocenters. The van der Waals surface area contributed by atoms with Crippen LogP contribution in [0.3, 0.4) is 0 Å². The first-order valence-electron chi connectivity index (χ1n) is 6.51. The van der Waals surface area contributed by atoms with E-state index in [2.05, 4.69) is 9.97 Å². The molecule has 2 aromatic heterocycles. The van der Waals surface area contributed by atoms with Gasteiger partial charge in [-0.15, -0.1) is 11.6 Å². The third-order valence-electron chi connectivity index (χ3n) is 3.82. The summed E-state index contributed by atoms with van der Waals surface area (Å²) in [5.74, 6) is 0.991. The van der Waals surface area contributed by atoms with E-state index >= 15 is 0 Å². The molecule has 20 heavy (non-hydrogen) atoms. The number of aromatic nitrogens is 3. The van der Waals surface area contributed by atoms with Crippen molar-refractivity contribution in [3.05, 3.63) is 24.2 Å². The van der Waals surface area contributed by atoms with E-state index < -0.39 is 15.4 Å². The molecular formula is C13H16ClN3O2S. The average molecular weight is 314 g/mol. The second kappa shape index (κ2) is 4.43. The number of hydrogen-bond donors (Lipinski definition) is 0. The molecule has 1 saturated heterocycles. The smallest absolute Gasteiger partial charge is 0.160 e. The van der Waals surface area contributed by atoms with Crippen molar-refractivity contribution >= 4 is 32.6 Å². The van der Waals surface area contributed by atoms with Gasteiger partial charge in [0.25, 0.3) is 0 Å². The Kier molecular flexibility index (Phi) is 3.06. The summed E-state index contributed by atoms with van der Waals surface area (Å²) < 4.78 is 25.7.